The Morgan fingerprint density at radius 2 is 1.43 bits per heavy atom. The van der Waals surface area contributed by atoms with Gasteiger partial charge in [-0.3, -0.25) is 13.7 Å². The lowest BCUT2D eigenvalue weighted by Crippen LogP contribution is -2.04. The summed E-state index contributed by atoms with van der Waals surface area (Å²) < 4.78 is 63.3. The van der Waals surface area contributed by atoms with Crippen molar-refractivity contribution in [1.29, 1.82) is 0 Å². The Kier molecular flexibility index (Phi) is 8.19. The fourth-order valence-electron chi connectivity index (χ4n) is 0.309. The third-order valence-corrected chi connectivity index (χ3v) is 1.19. The van der Waals surface area contributed by atoms with Crippen LogP contribution >= 0.6 is 0 Å². The summed E-state index contributed by atoms with van der Waals surface area (Å²) in [5.74, 6) is 0. The lowest BCUT2D eigenvalue weighted by Gasteiger charge is -1.95. The topological polar surface area (TPSA) is 138 Å². The lowest BCUT2D eigenvalue weighted by atomic mass is 10.4. The van der Waals surface area contributed by atoms with Gasteiger partial charge in [0.25, 0.3) is 0 Å². The van der Waals surface area contributed by atoms with Gasteiger partial charge in [-0.2, -0.15) is 16.8 Å². The van der Waals surface area contributed by atoms with Crippen LogP contribution in [0.4, 0.5) is 0 Å². The van der Waals surface area contributed by atoms with E-state index in [1.54, 1.807) is 0 Å². The smallest absolute Gasteiger partial charge is 0.264 e. The molecule has 0 unspecified atom stereocenters. The molecule has 0 heterocycles. The van der Waals surface area contributed by atoms with Crippen molar-refractivity contribution < 1.29 is 34.7 Å². The standard InChI is InChI=1S/C4H10O4S.H2O4S/c1-2-3-4-8-9(5,6)7;1-5(2,3)4/h2-4H2,1H3,(H,5,6,7);(H2,1,2,3,4). The molecule has 0 aromatic carbocycles. The van der Waals surface area contributed by atoms with Crippen molar-refractivity contribution in [3.05, 3.63) is 0 Å². The molecule has 0 aliphatic heterocycles. The van der Waals surface area contributed by atoms with E-state index in [4.69, 9.17) is 22.1 Å². The summed E-state index contributed by atoms with van der Waals surface area (Å²) in [6.45, 7) is 1.96. The van der Waals surface area contributed by atoms with Crippen LogP contribution in [0, 0.1) is 0 Å². The first-order chi connectivity index (χ1) is 6.06. The first-order valence-electron chi connectivity index (χ1n) is 3.38. The Morgan fingerprint density at radius 1 is 1.07 bits per heavy atom. The van der Waals surface area contributed by atoms with Gasteiger partial charge in [0, 0.05) is 0 Å². The molecular formula is C4H12O8S2. The molecule has 0 bridgehead atoms. The molecule has 0 rings (SSSR count). The molecule has 0 atom stereocenters. The summed E-state index contributed by atoms with van der Waals surface area (Å²) in [6.07, 6.45) is 1.48. The highest BCUT2D eigenvalue weighted by molar-refractivity contribution is 7.80. The van der Waals surface area contributed by atoms with Crippen molar-refractivity contribution in [2.24, 2.45) is 0 Å². The van der Waals surface area contributed by atoms with E-state index < -0.39 is 20.8 Å². The quantitative estimate of drug-likeness (QED) is 0.467. The zero-order valence-corrected chi connectivity index (χ0v) is 8.95. The molecule has 0 aromatic rings. The molecule has 0 amide bonds. The van der Waals surface area contributed by atoms with E-state index in [-0.39, 0.29) is 6.61 Å². The molecule has 14 heavy (non-hydrogen) atoms. The van der Waals surface area contributed by atoms with Crippen LogP contribution in [-0.2, 0) is 25.0 Å². The van der Waals surface area contributed by atoms with Crippen LogP contribution < -0.4 is 0 Å². The molecule has 0 aromatic heterocycles. The van der Waals surface area contributed by atoms with Gasteiger partial charge in [-0.1, -0.05) is 13.3 Å². The summed E-state index contributed by atoms with van der Waals surface area (Å²) in [4.78, 5) is 0. The van der Waals surface area contributed by atoms with Gasteiger partial charge in [0.15, 0.2) is 0 Å². The minimum atomic E-state index is -4.67. The molecule has 0 aliphatic rings. The van der Waals surface area contributed by atoms with Crippen LogP contribution in [-0.4, -0.2) is 37.1 Å². The minimum Gasteiger partial charge on any atom is -0.264 e. The summed E-state index contributed by atoms with van der Waals surface area (Å²) in [5.41, 5.74) is 0. The van der Waals surface area contributed by atoms with Crippen LogP contribution in [0.15, 0.2) is 0 Å². The molecule has 0 saturated carbocycles. The van der Waals surface area contributed by atoms with Crippen molar-refractivity contribution >= 4 is 20.8 Å². The predicted octanol–water partition coefficient (Wildman–Crippen LogP) is -0.0469. The fraction of sp³-hybridized carbons (Fsp3) is 1.00. The highest BCUT2D eigenvalue weighted by Crippen LogP contribution is 1.91. The molecule has 8 nitrogen and oxygen atoms in total. The molecule has 0 fully saturated rings. The molecule has 3 N–H and O–H groups in total. The summed E-state index contributed by atoms with van der Waals surface area (Å²) in [7, 11) is -8.86. The zero-order chi connectivity index (χ0) is 11.8. The molecule has 0 saturated heterocycles. The van der Waals surface area contributed by atoms with E-state index in [9.17, 15) is 8.42 Å². The van der Waals surface area contributed by atoms with E-state index in [1.165, 1.54) is 0 Å². The Balaban J connectivity index is 0. The van der Waals surface area contributed by atoms with Crippen LogP contribution in [0.5, 0.6) is 0 Å². The van der Waals surface area contributed by atoms with Gasteiger partial charge < -0.3 is 0 Å². The molecule has 88 valence electrons. The van der Waals surface area contributed by atoms with E-state index in [0.717, 1.165) is 6.42 Å². The van der Waals surface area contributed by atoms with E-state index in [1.807, 2.05) is 6.92 Å². The van der Waals surface area contributed by atoms with Gasteiger partial charge in [0.1, 0.15) is 0 Å². The van der Waals surface area contributed by atoms with Crippen molar-refractivity contribution in [1.82, 2.24) is 0 Å². The number of unbranched alkanes of at least 4 members (excludes halogenated alkanes) is 1. The first kappa shape index (κ1) is 16.2. The van der Waals surface area contributed by atoms with Crippen molar-refractivity contribution in [2.45, 2.75) is 19.8 Å². The second kappa shape index (κ2) is 7.09. The number of hydrogen-bond acceptors (Lipinski definition) is 5. The Labute approximate surface area is 82.4 Å². The van der Waals surface area contributed by atoms with Crippen molar-refractivity contribution in [3.8, 4) is 0 Å². The van der Waals surface area contributed by atoms with Crippen LogP contribution in [0.1, 0.15) is 19.8 Å². The van der Waals surface area contributed by atoms with Crippen molar-refractivity contribution in [3.63, 3.8) is 0 Å². The average molecular weight is 252 g/mol. The SMILES string of the molecule is CCCCOS(=O)(=O)O.O=S(=O)(O)O. The maximum absolute atomic E-state index is 9.84. The number of hydrogen-bond donors (Lipinski definition) is 3. The van der Waals surface area contributed by atoms with Gasteiger partial charge in [0.05, 0.1) is 6.61 Å². The van der Waals surface area contributed by atoms with Gasteiger partial charge in [-0.05, 0) is 6.42 Å². The molecule has 0 radical (unpaired) electrons. The Hall–Kier alpha value is -0.260. The van der Waals surface area contributed by atoms with Gasteiger partial charge in [-0.15, -0.1) is 0 Å². The van der Waals surface area contributed by atoms with Crippen LogP contribution in [0.3, 0.4) is 0 Å². The Bertz CT molecular complexity index is 305. The largest absolute Gasteiger partial charge is 0.397 e. The minimum absolute atomic E-state index is 0.0648. The Morgan fingerprint density at radius 3 is 1.64 bits per heavy atom. The van der Waals surface area contributed by atoms with Crippen molar-refractivity contribution in [2.75, 3.05) is 6.61 Å². The molecule has 0 aliphatic carbocycles. The average Bonchev–Trinajstić information content (AvgIpc) is 1.80. The third kappa shape index (κ3) is 41.1. The lowest BCUT2D eigenvalue weighted by molar-refractivity contribution is 0.264. The zero-order valence-electron chi connectivity index (χ0n) is 7.32. The monoisotopic (exact) mass is 252 g/mol. The van der Waals surface area contributed by atoms with Crippen LogP contribution in [0.2, 0.25) is 0 Å². The van der Waals surface area contributed by atoms with E-state index in [2.05, 4.69) is 4.18 Å². The highest BCUT2D eigenvalue weighted by atomic mass is 32.3. The predicted molar refractivity (Wildman–Crippen MR) is 46.6 cm³/mol. The highest BCUT2D eigenvalue weighted by Gasteiger charge is 2.00. The van der Waals surface area contributed by atoms with Gasteiger partial charge in [-0.25, -0.2) is 4.18 Å². The summed E-state index contributed by atoms with van der Waals surface area (Å²) in [6, 6.07) is 0. The fourth-order valence-corrected chi connectivity index (χ4v) is 0.637. The normalized spacial score (nSPS) is 11.7. The van der Waals surface area contributed by atoms with E-state index in [0.29, 0.717) is 6.42 Å². The maximum Gasteiger partial charge on any atom is 0.397 e. The second-order valence-electron chi connectivity index (χ2n) is 2.05. The molecule has 10 heteroatoms. The van der Waals surface area contributed by atoms with Gasteiger partial charge >= 0.3 is 20.8 Å². The van der Waals surface area contributed by atoms with Gasteiger partial charge in [0.2, 0.25) is 0 Å². The molecular weight excluding hydrogens is 240 g/mol. The maximum atomic E-state index is 9.84. The summed E-state index contributed by atoms with van der Waals surface area (Å²) >= 11 is 0. The van der Waals surface area contributed by atoms with Crippen LogP contribution in [0.25, 0.3) is 0 Å². The molecule has 0 spiro atoms. The third-order valence-electron chi connectivity index (χ3n) is 0.730. The number of rotatable bonds is 4. The summed E-state index contributed by atoms with van der Waals surface area (Å²) in [5, 5.41) is 0. The second-order valence-corrected chi connectivity index (χ2v) is 4.04. The van der Waals surface area contributed by atoms with E-state index >= 15 is 0 Å². The first-order valence-corrected chi connectivity index (χ1v) is 6.14.